The van der Waals surface area contributed by atoms with Crippen LogP contribution in [0.1, 0.15) is 21.5 Å². The summed E-state index contributed by atoms with van der Waals surface area (Å²) >= 11 is 0. The van der Waals surface area contributed by atoms with Gasteiger partial charge in [0.05, 0.1) is 6.54 Å². The predicted octanol–water partition coefficient (Wildman–Crippen LogP) is 2.48. The molecule has 2 aromatic carbocycles. The van der Waals surface area contributed by atoms with Gasteiger partial charge in [0.1, 0.15) is 0 Å². The quantitative estimate of drug-likeness (QED) is 0.416. The van der Waals surface area contributed by atoms with Gasteiger partial charge in [-0.05, 0) is 42.4 Å². The molecule has 0 aliphatic carbocycles. The van der Waals surface area contributed by atoms with Crippen LogP contribution >= 0.6 is 0 Å². The lowest BCUT2D eigenvalue weighted by Crippen LogP contribution is -2.18. The van der Waals surface area contributed by atoms with Crippen molar-refractivity contribution in [3.63, 3.8) is 0 Å². The fraction of sp³-hybridized carbons (Fsp3) is 0.211. The van der Waals surface area contributed by atoms with E-state index in [1.54, 1.807) is 17.6 Å². The van der Waals surface area contributed by atoms with E-state index in [2.05, 4.69) is 28.3 Å². The van der Waals surface area contributed by atoms with E-state index in [4.69, 9.17) is 11.6 Å². The van der Waals surface area contributed by atoms with E-state index in [1.165, 1.54) is 5.56 Å². The predicted molar refractivity (Wildman–Crippen MR) is 94.6 cm³/mol. The van der Waals surface area contributed by atoms with Crippen LogP contribution in [0.25, 0.3) is 0 Å². The molecule has 0 saturated heterocycles. The molecular weight excluding hydrogens is 302 g/mol. The zero-order valence-electron chi connectivity index (χ0n) is 13.6. The first-order chi connectivity index (χ1) is 11.6. The van der Waals surface area contributed by atoms with E-state index in [0.29, 0.717) is 18.7 Å². The smallest absolute Gasteiger partial charge is 0.274 e. The van der Waals surface area contributed by atoms with Gasteiger partial charge in [-0.25, -0.2) is 5.48 Å². The minimum atomic E-state index is -0.514. The van der Waals surface area contributed by atoms with E-state index in [1.807, 2.05) is 31.3 Å². The van der Waals surface area contributed by atoms with Crippen molar-refractivity contribution in [3.05, 3.63) is 65.2 Å². The minimum absolute atomic E-state index is 0.418. The van der Waals surface area contributed by atoms with Gasteiger partial charge in [-0.3, -0.25) is 14.9 Å². The molecule has 5 heteroatoms. The molecule has 0 heterocycles. The fourth-order valence-corrected chi connectivity index (χ4v) is 2.29. The summed E-state index contributed by atoms with van der Waals surface area (Å²) in [6, 6.07) is 15.3. The van der Waals surface area contributed by atoms with Gasteiger partial charge >= 0.3 is 0 Å². The van der Waals surface area contributed by atoms with Gasteiger partial charge in [0.25, 0.3) is 5.91 Å². The summed E-state index contributed by atoms with van der Waals surface area (Å²) < 4.78 is 0. The second-order valence-corrected chi connectivity index (χ2v) is 5.56. The van der Waals surface area contributed by atoms with Gasteiger partial charge < -0.3 is 5.32 Å². The maximum atomic E-state index is 11.3. The number of terminal acetylenes is 1. The number of carbonyl (C=O) groups is 1. The van der Waals surface area contributed by atoms with Gasteiger partial charge in [-0.1, -0.05) is 30.2 Å². The number of amides is 1. The molecule has 0 fully saturated rings. The van der Waals surface area contributed by atoms with Crippen LogP contribution < -0.4 is 10.8 Å². The minimum Gasteiger partial charge on any atom is -0.381 e. The van der Waals surface area contributed by atoms with Crippen molar-refractivity contribution in [1.82, 2.24) is 10.4 Å². The number of hydroxylamine groups is 1. The molecular formula is C19H21N3O2. The van der Waals surface area contributed by atoms with E-state index >= 15 is 0 Å². The molecule has 0 aromatic heterocycles. The summed E-state index contributed by atoms with van der Waals surface area (Å²) in [6.45, 7) is 2.10. The third kappa shape index (κ3) is 5.13. The molecule has 1 amide bonds. The van der Waals surface area contributed by atoms with Crippen LogP contribution in [-0.4, -0.2) is 29.6 Å². The van der Waals surface area contributed by atoms with Gasteiger partial charge in [-0.2, -0.15) is 0 Å². The van der Waals surface area contributed by atoms with Crippen molar-refractivity contribution in [3.8, 4) is 12.3 Å². The summed E-state index contributed by atoms with van der Waals surface area (Å²) in [7, 11) is 1.99. The Morgan fingerprint density at radius 3 is 2.33 bits per heavy atom. The summed E-state index contributed by atoms with van der Waals surface area (Å²) in [5.74, 6) is 2.11. The number of anilines is 1. The standard InChI is InChI=1S/C19H21N3O2/c1-3-12-22(2)14-16-6-10-18(11-7-16)20-13-15-4-8-17(9-5-15)19(23)21-24/h1,4-11,20,24H,12-14H2,2H3,(H,21,23). The number of hydrogen-bond acceptors (Lipinski definition) is 4. The van der Waals surface area contributed by atoms with Crippen LogP contribution in [0.15, 0.2) is 48.5 Å². The van der Waals surface area contributed by atoms with E-state index in [9.17, 15) is 4.79 Å². The number of nitrogens with zero attached hydrogens (tertiary/aromatic N) is 1. The molecule has 0 saturated carbocycles. The molecule has 0 aliphatic rings. The molecule has 3 N–H and O–H groups in total. The van der Waals surface area contributed by atoms with Gasteiger partial charge in [0, 0.05) is 24.3 Å². The van der Waals surface area contributed by atoms with Crippen molar-refractivity contribution < 1.29 is 10.0 Å². The maximum Gasteiger partial charge on any atom is 0.274 e. The van der Waals surface area contributed by atoms with Crippen molar-refractivity contribution in [2.24, 2.45) is 0 Å². The first-order valence-electron chi connectivity index (χ1n) is 7.60. The molecule has 0 spiro atoms. The Labute approximate surface area is 142 Å². The molecule has 0 aliphatic heterocycles. The van der Waals surface area contributed by atoms with Crippen molar-refractivity contribution >= 4 is 11.6 Å². The maximum absolute atomic E-state index is 11.3. The zero-order chi connectivity index (χ0) is 17.4. The van der Waals surface area contributed by atoms with Crippen LogP contribution in [0, 0.1) is 12.3 Å². The van der Waals surface area contributed by atoms with Gasteiger partial charge in [0.2, 0.25) is 0 Å². The van der Waals surface area contributed by atoms with E-state index in [0.717, 1.165) is 17.8 Å². The lowest BCUT2D eigenvalue weighted by Gasteiger charge is -2.14. The average molecular weight is 323 g/mol. The Bertz CT molecular complexity index is 703. The Morgan fingerprint density at radius 1 is 1.12 bits per heavy atom. The highest BCUT2D eigenvalue weighted by Crippen LogP contribution is 2.13. The third-order valence-corrected chi connectivity index (χ3v) is 3.58. The molecule has 2 rings (SSSR count). The van der Waals surface area contributed by atoms with Crippen molar-refractivity contribution in [2.45, 2.75) is 13.1 Å². The normalized spacial score (nSPS) is 10.2. The Hall–Kier alpha value is -2.81. The van der Waals surface area contributed by atoms with Crippen molar-refractivity contribution in [2.75, 3.05) is 18.9 Å². The van der Waals surface area contributed by atoms with E-state index in [-0.39, 0.29) is 0 Å². The van der Waals surface area contributed by atoms with Crippen LogP contribution in [0.3, 0.4) is 0 Å². The molecule has 0 bridgehead atoms. The second-order valence-electron chi connectivity index (χ2n) is 5.56. The molecule has 24 heavy (non-hydrogen) atoms. The number of hydrogen-bond donors (Lipinski definition) is 3. The first kappa shape index (κ1) is 17.5. The molecule has 2 aromatic rings. The Kier molecular flexibility index (Phi) is 6.38. The van der Waals surface area contributed by atoms with Crippen molar-refractivity contribution in [1.29, 1.82) is 0 Å². The van der Waals surface area contributed by atoms with Crippen LogP contribution in [-0.2, 0) is 13.1 Å². The summed E-state index contributed by atoms with van der Waals surface area (Å²) in [5.41, 5.74) is 5.31. The highest BCUT2D eigenvalue weighted by Gasteiger charge is 2.03. The number of nitrogens with one attached hydrogen (secondary N) is 2. The number of rotatable bonds is 7. The number of carbonyl (C=O) groups excluding carboxylic acids is 1. The number of benzene rings is 2. The topological polar surface area (TPSA) is 64.6 Å². The molecule has 124 valence electrons. The molecule has 5 nitrogen and oxygen atoms in total. The first-order valence-corrected chi connectivity index (χ1v) is 7.60. The zero-order valence-corrected chi connectivity index (χ0v) is 13.6. The van der Waals surface area contributed by atoms with Gasteiger partial charge in [-0.15, -0.1) is 6.42 Å². The van der Waals surface area contributed by atoms with E-state index < -0.39 is 5.91 Å². The highest BCUT2D eigenvalue weighted by atomic mass is 16.5. The van der Waals surface area contributed by atoms with Gasteiger partial charge in [0.15, 0.2) is 0 Å². The largest absolute Gasteiger partial charge is 0.381 e. The molecule has 0 atom stereocenters. The molecule has 0 radical (unpaired) electrons. The van der Waals surface area contributed by atoms with Crippen LogP contribution in [0.2, 0.25) is 0 Å². The van der Waals surface area contributed by atoms with Crippen LogP contribution in [0.5, 0.6) is 0 Å². The summed E-state index contributed by atoms with van der Waals surface area (Å²) in [4.78, 5) is 13.3. The van der Waals surface area contributed by atoms with Crippen LogP contribution in [0.4, 0.5) is 5.69 Å². The summed E-state index contributed by atoms with van der Waals surface area (Å²) in [6.07, 6.45) is 5.30. The lowest BCUT2D eigenvalue weighted by atomic mass is 10.1. The monoisotopic (exact) mass is 323 g/mol. The SMILES string of the molecule is C#CCN(C)Cc1ccc(NCc2ccc(C(=O)NO)cc2)cc1. The Morgan fingerprint density at radius 2 is 1.75 bits per heavy atom. The fourth-order valence-electron chi connectivity index (χ4n) is 2.29. The molecule has 0 unspecified atom stereocenters. The lowest BCUT2D eigenvalue weighted by molar-refractivity contribution is 0.0706. The summed E-state index contributed by atoms with van der Waals surface area (Å²) in [5, 5.41) is 11.9. The second kappa shape index (κ2) is 8.73. The average Bonchev–Trinajstić information content (AvgIpc) is 2.61. The third-order valence-electron chi connectivity index (χ3n) is 3.58. The Balaban J connectivity index is 1.88. The highest BCUT2D eigenvalue weighted by molar-refractivity contribution is 5.93.